The van der Waals surface area contributed by atoms with Gasteiger partial charge in [-0.05, 0) is 25.5 Å². The van der Waals surface area contributed by atoms with Gasteiger partial charge in [-0.3, -0.25) is 9.59 Å². The molecule has 6 heteroatoms. The lowest BCUT2D eigenvalue weighted by Crippen LogP contribution is -2.34. The van der Waals surface area contributed by atoms with E-state index >= 15 is 0 Å². The van der Waals surface area contributed by atoms with E-state index in [4.69, 9.17) is 14.3 Å². The Balaban J connectivity index is 2.56. The molecule has 0 bridgehead atoms. The Morgan fingerprint density at radius 3 is 2.79 bits per heavy atom. The predicted octanol–water partition coefficient (Wildman–Crippen LogP) is 1.06. The van der Waals surface area contributed by atoms with Crippen LogP contribution in [0.4, 0.5) is 0 Å². The molecule has 0 spiro atoms. The molecule has 1 heterocycles. The highest BCUT2D eigenvalue weighted by atomic mass is 16.5. The number of rotatable bonds is 8. The highest BCUT2D eigenvalue weighted by molar-refractivity contribution is 5.91. The summed E-state index contributed by atoms with van der Waals surface area (Å²) in [7, 11) is 0. The monoisotopic (exact) mass is 269 g/mol. The predicted molar refractivity (Wildman–Crippen MR) is 67.6 cm³/mol. The largest absolute Gasteiger partial charge is 0.466 e. The summed E-state index contributed by atoms with van der Waals surface area (Å²) in [5.74, 6) is -0.409. The Morgan fingerprint density at radius 1 is 1.42 bits per heavy atom. The number of carbonyl (C=O) groups excluding carboxylic acids is 2. The minimum atomic E-state index is -0.344. The van der Waals surface area contributed by atoms with Gasteiger partial charge in [-0.2, -0.15) is 0 Å². The lowest BCUT2D eigenvalue weighted by atomic mass is 10.3. The molecule has 0 aliphatic heterocycles. The van der Waals surface area contributed by atoms with Gasteiger partial charge in [0.25, 0.3) is 5.91 Å². The summed E-state index contributed by atoms with van der Waals surface area (Å²) < 4.78 is 9.86. The van der Waals surface area contributed by atoms with Crippen LogP contribution in [0.15, 0.2) is 22.8 Å². The highest BCUT2D eigenvalue weighted by Crippen LogP contribution is 2.07. The molecular formula is C13H19NO5. The van der Waals surface area contributed by atoms with Crippen molar-refractivity contribution in [2.75, 3.05) is 26.3 Å². The maximum atomic E-state index is 12.1. The standard InChI is InChI=1S/C13H19NO5/c1-2-18-12(16)6-8-14(7-4-9-15)13(17)11-5-3-10-19-11/h3,5,10,15H,2,4,6-9H2,1H3. The Kier molecular flexibility index (Phi) is 6.67. The average Bonchev–Trinajstić information content (AvgIpc) is 2.92. The van der Waals surface area contributed by atoms with Crippen molar-refractivity contribution in [3.05, 3.63) is 24.2 Å². The van der Waals surface area contributed by atoms with E-state index in [2.05, 4.69) is 0 Å². The van der Waals surface area contributed by atoms with Crippen molar-refractivity contribution >= 4 is 11.9 Å². The minimum Gasteiger partial charge on any atom is -0.466 e. The summed E-state index contributed by atoms with van der Waals surface area (Å²) in [6.45, 7) is 2.66. The molecule has 0 fully saturated rings. The summed E-state index contributed by atoms with van der Waals surface area (Å²) in [6, 6.07) is 3.20. The van der Waals surface area contributed by atoms with Crippen molar-refractivity contribution in [2.45, 2.75) is 19.8 Å². The average molecular weight is 269 g/mol. The molecule has 106 valence electrons. The first-order valence-corrected chi connectivity index (χ1v) is 6.28. The third-order valence-electron chi connectivity index (χ3n) is 2.50. The van der Waals surface area contributed by atoms with E-state index < -0.39 is 0 Å². The molecule has 0 saturated heterocycles. The fraction of sp³-hybridized carbons (Fsp3) is 0.538. The zero-order chi connectivity index (χ0) is 14.1. The quantitative estimate of drug-likeness (QED) is 0.714. The molecule has 1 aromatic heterocycles. The van der Waals surface area contributed by atoms with Gasteiger partial charge in [0.1, 0.15) is 0 Å². The lowest BCUT2D eigenvalue weighted by molar-refractivity contribution is -0.143. The van der Waals surface area contributed by atoms with Gasteiger partial charge in [0.15, 0.2) is 5.76 Å². The summed E-state index contributed by atoms with van der Waals surface area (Å²) in [4.78, 5) is 24.9. The molecule has 1 aromatic rings. The van der Waals surface area contributed by atoms with Gasteiger partial charge >= 0.3 is 5.97 Å². The third kappa shape index (κ3) is 5.13. The van der Waals surface area contributed by atoms with Gasteiger partial charge in [-0.25, -0.2) is 0 Å². The van der Waals surface area contributed by atoms with Crippen LogP contribution in [-0.2, 0) is 9.53 Å². The highest BCUT2D eigenvalue weighted by Gasteiger charge is 2.18. The van der Waals surface area contributed by atoms with E-state index in [1.54, 1.807) is 19.1 Å². The third-order valence-corrected chi connectivity index (χ3v) is 2.50. The summed E-state index contributed by atoms with van der Waals surface area (Å²) in [5, 5.41) is 8.84. The second-order valence-corrected chi connectivity index (χ2v) is 3.90. The van der Waals surface area contributed by atoms with Gasteiger partial charge in [0, 0.05) is 19.7 Å². The van der Waals surface area contributed by atoms with E-state index in [-0.39, 0.29) is 37.2 Å². The molecular weight excluding hydrogens is 250 g/mol. The fourth-order valence-electron chi connectivity index (χ4n) is 1.59. The molecule has 0 aromatic carbocycles. The first kappa shape index (κ1) is 15.2. The summed E-state index contributed by atoms with van der Waals surface area (Å²) in [5.41, 5.74) is 0. The zero-order valence-electron chi connectivity index (χ0n) is 11.0. The van der Waals surface area contributed by atoms with E-state index in [9.17, 15) is 9.59 Å². The van der Waals surface area contributed by atoms with E-state index in [0.29, 0.717) is 19.6 Å². The molecule has 0 aliphatic carbocycles. The number of ether oxygens (including phenoxy) is 1. The van der Waals surface area contributed by atoms with Gasteiger partial charge in [-0.15, -0.1) is 0 Å². The number of furan rings is 1. The number of carbonyl (C=O) groups is 2. The number of amides is 1. The number of nitrogens with zero attached hydrogens (tertiary/aromatic N) is 1. The van der Waals surface area contributed by atoms with Crippen molar-refractivity contribution in [2.24, 2.45) is 0 Å². The molecule has 1 rings (SSSR count). The molecule has 0 atom stereocenters. The molecule has 6 nitrogen and oxygen atoms in total. The van der Waals surface area contributed by atoms with Crippen LogP contribution in [0.5, 0.6) is 0 Å². The fourth-order valence-corrected chi connectivity index (χ4v) is 1.59. The van der Waals surface area contributed by atoms with Crippen molar-refractivity contribution in [1.29, 1.82) is 0 Å². The van der Waals surface area contributed by atoms with Crippen molar-refractivity contribution in [3.63, 3.8) is 0 Å². The van der Waals surface area contributed by atoms with Gasteiger partial charge in [-0.1, -0.05) is 0 Å². The smallest absolute Gasteiger partial charge is 0.307 e. The second-order valence-electron chi connectivity index (χ2n) is 3.90. The maximum Gasteiger partial charge on any atom is 0.307 e. The van der Waals surface area contributed by atoms with Crippen LogP contribution < -0.4 is 0 Å². The number of hydrogen-bond acceptors (Lipinski definition) is 5. The first-order valence-electron chi connectivity index (χ1n) is 6.28. The van der Waals surface area contributed by atoms with Gasteiger partial charge in [0.2, 0.25) is 0 Å². The first-order chi connectivity index (χ1) is 9.19. The van der Waals surface area contributed by atoms with E-state index in [1.807, 2.05) is 0 Å². The Morgan fingerprint density at radius 2 is 2.21 bits per heavy atom. The number of hydrogen-bond donors (Lipinski definition) is 1. The van der Waals surface area contributed by atoms with Crippen LogP contribution in [0.2, 0.25) is 0 Å². The van der Waals surface area contributed by atoms with E-state index in [1.165, 1.54) is 11.2 Å². The molecule has 1 N–H and O–H groups in total. The van der Waals surface area contributed by atoms with Gasteiger partial charge in [0.05, 0.1) is 19.3 Å². The topological polar surface area (TPSA) is 80.0 Å². The van der Waals surface area contributed by atoms with Crippen LogP contribution in [0, 0.1) is 0 Å². The van der Waals surface area contributed by atoms with Crippen molar-refractivity contribution in [1.82, 2.24) is 4.90 Å². The minimum absolute atomic E-state index is 0.0126. The summed E-state index contributed by atoms with van der Waals surface area (Å²) in [6.07, 6.45) is 2.00. The number of esters is 1. The van der Waals surface area contributed by atoms with Crippen LogP contribution >= 0.6 is 0 Å². The molecule has 1 amide bonds. The van der Waals surface area contributed by atoms with Crippen molar-refractivity contribution in [3.8, 4) is 0 Å². The molecule has 0 saturated carbocycles. The van der Waals surface area contributed by atoms with Crippen LogP contribution in [0.1, 0.15) is 30.3 Å². The lowest BCUT2D eigenvalue weighted by Gasteiger charge is -2.20. The second kappa shape index (κ2) is 8.31. The van der Waals surface area contributed by atoms with Crippen molar-refractivity contribution < 1.29 is 23.8 Å². The maximum absolute atomic E-state index is 12.1. The van der Waals surface area contributed by atoms with Crippen LogP contribution in [-0.4, -0.2) is 48.2 Å². The Hall–Kier alpha value is -1.82. The Bertz CT molecular complexity index is 388. The van der Waals surface area contributed by atoms with E-state index in [0.717, 1.165) is 0 Å². The number of aliphatic hydroxyl groups excluding tert-OH is 1. The molecule has 0 radical (unpaired) electrons. The normalized spacial score (nSPS) is 10.2. The number of aliphatic hydroxyl groups is 1. The molecule has 0 aliphatic rings. The van der Waals surface area contributed by atoms with Crippen LogP contribution in [0.3, 0.4) is 0 Å². The molecule has 19 heavy (non-hydrogen) atoms. The molecule has 0 unspecified atom stereocenters. The van der Waals surface area contributed by atoms with Crippen LogP contribution in [0.25, 0.3) is 0 Å². The zero-order valence-corrected chi connectivity index (χ0v) is 11.0. The van der Waals surface area contributed by atoms with Gasteiger partial charge < -0.3 is 19.2 Å². The summed E-state index contributed by atoms with van der Waals surface area (Å²) >= 11 is 0. The Labute approximate surface area is 112 Å². The SMILES string of the molecule is CCOC(=O)CCN(CCCO)C(=O)c1ccco1.